The van der Waals surface area contributed by atoms with Gasteiger partial charge in [-0.25, -0.2) is 4.39 Å². The number of benzene rings is 1. The number of nitrogens with zero attached hydrogens (tertiary/aromatic N) is 1. The zero-order valence-electron chi connectivity index (χ0n) is 13.2. The monoisotopic (exact) mass is 291 g/mol. The van der Waals surface area contributed by atoms with E-state index in [4.69, 9.17) is 0 Å². The van der Waals surface area contributed by atoms with Gasteiger partial charge in [0.25, 0.3) is 0 Å². The summed E-state index contributed by atoms with van der Waals surface area (Å²) in [5.74, 6) is 1.50. The molecule has 1 fully saturated rings. The summed E-state index contributed by atoms with van der Waals surface area (Å²) in [6.45, 7) is 8.86. The molecule has 0 aromatic heterocycles. The molecule has 1 aromatic rings. The lowest BCUT2D eigenvalue weighted by Crippen LogP contribution is -2.39. The van der Waals surface area contributed by atoms with E-state index in [1.165, 1.54) is 25.0 Å². The van der Waals surface area contributed by atoms with Gasteiger partial charge in [0.1, 0.15) is 5.82 Å². The molecule has 21 heavy (non-hydrogen) atoms. The van der Waals surface area contributed by atoms with Crippen LogP contribution in [0.5, 0.6) is 0 Å². The van der Waals surface area contributed by atoms with E-state index in [-0.39, 0.29) is 11.2 Å². The summed E-state index contributed by atoms with van der Waals surface area (Å²) in [7, 11) is 0. The van der Waals surface area contributed by atoms with Crippen molar-refractivity contribution in [3.63, 3.8) is 0 Å². The lowest BCUT2D eigenvalue weighted by molar-refractivity contribution is 0.534. The minimum atomic E-state index is -0.197. The fourth-order valence-electron chi connectivity index (χ4n) is 2.17. The molecule has 1 saturated carbocycles. The standard InChI is InChI=1S/C17H26FN3/c1-4-19-16(20-11-13-5-6-13)21-12-17(2,3)14-7-9-15(18)10-8-14/h7-10,13H,4-6,11-12H2,1-3H3,(H2,19,20,21). The summed E-state index contributed by atoms with van der Waals surface area (Å²) in [5.41, 5.74) is 0.987. The largest absolute Gasteiger partial charge is 0.357 e. The first-order chi connectivity index (χ1) is 10.0. The van der Waals surface area contributed by atoms with Gasteiger partial charge in [-0.2, -0.15) is 0 Å². The normalized spacial score (nSPS) is 15.9. The lowest BCUT2D eigenvalue weighted by atomic mass is 9.85. The number of halogens is 1. The summed E-state index contributed by atoms with van der Waals surface area (Å²) < 4.78 is 13.0. The minimum absolute atomic E-state index is 0.115. The maximum Gasteiger partial charge on any atom is 0.191 e. The molecule has 1 aromatic carbocycles. The van der Waals surface area contributed by atoms with Gasteiger partial charge in [-0.1, -0.05) is 26.0 Å². The predicted octanol–water partition coefficient (Wildman–Crippen LogP) is 3.07. The number of hydrogen-bond donors (Lipinski definition) is 2. The van der Waals surface area contributed by atoms with Crippen molar-refractivity contribution in [2.24, 2.45) is 10.9 Å². The minimum Gasteiger partial charge on any atom is -0.357 e. The van der Waals surface area contributed by atoms with Gasteiger partial charge < -0.3 is 10.6 Å². The van der Waals surface area contributed by atoms with Crippen LogP contribution in [-0.2, 0) is 5.41 Å². The van der Waals surface area contributed by atoms with Gasteiger partial charge in [0.15, 0.2) is 5.96 Å². The van der Waals surface area contributed by atoms with Crippen LogP contribution in [0.3, 0.4) is 0 Å². The fraction of sp³-hybridized carbons (Fsp3) is 0.588. The van der Waals surface area contributed by atoms with E-state index in [0.717, 1.165) is 30.5 Å². The van der Waals surface area contributed by atoms with Crippen LogP contribution in [0, 0.1) is 11.7 Å². The Morgan fingerprint density at radius 3 is 2.48 bits per heavy atom. The summed E-state index contributed by atoms with van der Waals surface area (Å²) in [4.78, 5) is 4.68. The maximum atomic E-state index is 13.0. The molecule has 0 amide bonds. The summed E-state index contributed by atoms with van der Waals surface area (Å²) in [5, 5.41) is 6.67. The number of aliphatic imine (C=N–C) groups is 1. The predicted molar refractivity (Wildman–Crippen MR) is 86.1 cm³/mol. The molecule has 0 saturated heterocycles. The molecule has 0 spiro atoms. The first kappa shape index (κ1) is 15.8. The Bertz CT molecular complexity index is 475. The Morgan fingerprint density at radius 1 is 1.24 bits per heavy atom. The Balaban J connectivity index is 1.97. The van der Waals surface area contributed by atoms with Crippen molar-refractivity contribution >= 4 is 5.96 Å². The molecule has 0 atom stereocenters. The van der Waals surface area contributed by atoms with Crippen molar-refractivity contribution in [3.8, 4) is 0 Å². The quantitative estimate of drug-likeness (QED) is 0.624. The zero-order chi connectivity index (χ0) is 15.3. The van der Waals surface area contributed by atoms with E-state index in [9.17, 15) is 4.39 Å². The molecule has 116 valence electrons. The van der Waals surface area contributed by atoms with Crippen molar-refractivity contribution in [3.05, 3.63) is 35.6 Å². The van der Waals surface area contributed by atoms with Crippen molar-refractivity contribution in [1.82, 2.24) is 10.6 Å². The average Bonchev–Trinajstić information content (AvgIpc) is 3.26. The maximum absolute atomic E-state index is 13.0. The van der Waals surface area contributed by atoms with E-state index < -0.39 is 0 Å². The SMILES string of the molecule is CCNC(=NCC(C)(C)c1ccc(F)cc1)NCC1CC1. The molecule has 4 heteroatoms. The molecule has 0 heterocycles. The second kappa shape index (κ2) is 6.92. The molecule has 0 radical (unpaired) electrons. The molecule has 1 aliphatic carbocycles. The van der Waals surface area contributed by atoms with E-state index in [1.807, 2.05) is 12.1 Å². The smallest absolute Gasteiger partial charge is 0.191 e. The molecule has 0 unspecified atom stereocenters. The van der Waals surface area contributed by atoms with Crippen LogP contribution in [0.4, 0.5) is 4.39 Å². The molecule has 0 bridgehead atoms. The van der Waals surface area contributed by atoms with Gasteiger partial charge in [-0.3, -0.25) is 4.99 Å². The summed E-state index contributed by atoms with van der Waals surface area (Å²) in [6, 6.07) is 6.71. The Morgan fingerprint density at radius 2 is 1.90 bits per heavy atom. The van der Waals surface area contributed by atoms with Crippen molar-refractivity contribution in [1.29, 1.82) is 0 Å². The van der Waals surface area contributed by atoms with E-state index in [2.05, 4.69) is 36.4 Å². The van der Waals surface area contributed by atoms with Crippen LogP contribution in [0.1, 0.15) is 39.2 Å². The molecule has 2 rings (SSSR count). The third kappa shape index (κ3) is 5.03. The van der Waals surface area contributed by atoms with Crippen LogP contribution >= 0.6 is 0 Å². The highest BCUT2D eigenvalue weighted by Crippen LogP contribution is 2.27. The topological polar surface area (TPSA) is 36.4 Å². The van der Waals surface area contributed by atoms with Gasteiger partial charge in [0.05, 0.1) is 6.54 Å². The number of nitrogens with one attached hydrogen (secondary N) is 2. The highest BCUT2D eigenvalue weighted by atomic mass is 19.1. The Hall–Kier alpha value is -1.58. The Labute approximate surface area is 127 Å². The molecule has 1 aliphatic rings. The van der Waals surface area contributed by atoms with Gasteiger partial charge in [-0.05, 0) is 43.4 Å². The van der Waals surface area contributed by atoms with Crippen molar-refractivity contribution < 1.29 is 4.39 Å². The highest BCUT2D eigenvalue weighted by Gasteiger charge is 2.22. The first-order valence-corrected chi connectivity index (χ1v) is 7.79. The van der Waals surface area contributed by atoms with Crippen LogP contribution in [-0.4, -0.2) is 25.6 Å². The van der Waals surface area contributed by atoms with Gasteiger partial charge in [-0.15, -0.1) is 0 Å². The number of rotatable bonds is 6. The molecular formula is C17H26FN3. The Kier molecular flexibility index (Phi) is 5.21. The zero-order valence-corrected chi connectivity index (χ0v) is 13.2. The first-order valence-electron chi connectivity index (χ1n) is 7.79. The fourth-order valence-corrected chi connectivity index (χ4v) is 2.17. The number of hydrogen-bond acceptors (Lipinski definition) is 1. The molecule has 2 N–H and O–H groups in total. The third-order valence-corrected chi connectivity index (χ3v) is 3.86. The molecular weight excluding hydrogens is 265 g/mol. The van der Waals surface area contributed by atoms with Gasteiger partial charge in [0.2, 0.25) is 0 Å². The summed E-state index contributed by atoms with van der Waals surface area (Å²) in [6.07, 6.45) is 2.65. The highest BCUT2D eigenvalue weighted by molar-refractivity contribution is 5.79. The van der Waals surface area contributed by atoms with Crippen LogP contribution in [0.2, 0.25) is 0 Å². The van der Waals surface area contributed by atoms with E-state index >= 15 is 0 Å². The van der Waals surface area contributed by atoms with Crippen LogP contribution in [0.25, 0.3) is 0 Å². The lowest BCUT2D eigenvalue weighted by Gasteiger charge is -2.24. The number of guanidine groups is 1. The van der Waals surface area contributed by atoms with Gasteiger partial charge >= 0.3 is 0 Å². The van der Waals surface area contributed by atoms with Gasteiger partial charge in [0, 0.05) is 18.5 Å². The molecule has 0 aliphatic heterocycles. The second-order valence-corrected chi connectivity index (χ2v) is 6.41. The van der Waals surface area contributed by atoms with E-state index in [1.54, 1.807) is 0 Å². The van der Waals surface area contributed by atoms with Crippen LogP contribution in [0.15, 0.2) is 29.3 Å². The summed E-state index contributed by atoms with van der Waals surface area (Å²) >= 11 is 0. The second-order valence-electron chi connectivity index (χ2n) is 6.41. The van der Waals surface area contributed by atoms with Crippen LogP contribution < -0.4 is 10.6 Å². The van der Waals surface area contributed by atoms with Crippen molar-refractivity contribution in [2.75, 3.05) is 19.6 Å². The van der Waals surface area contributed by atoms with Crippen molar-refractivity contribution in [2.45, 2.75) is 39.0 Å². The third-order valence-electron chi connectivity index (χ3n) is 3.86. The average molecular weight is 291 g/mol. The van der Waals surface area contributed by atoms with E-state index in [0.29, 0.717) is 6.54 Å². The molecule has 3 nitrogen and oxygen atoms in total.